The van der Waals surface area contributed by atoms with Crippen LogP contribution in [0.25, 0.3) is 10.9 Å². The second kappa shape index (κ2) is 6.61. The molecule has 2 rings (SSSR count). The number of benzene rings is 1. The maximum atomic E-state index is 5.03. The average Bonchev–Trinajstić information content (AvgIpc) is 2.45. The molecule has 0 amide bonds. The molecule has 0 fully saturated rings. The van der Waals surface area contributed by atoms with Crippen molar-refractivity contribution in [3.05, 3.63) is 54.7 Å². The van der Waals surface area contributed by atoms with Crippen molar-refractivity contribution in [2.75, 3.05) is 6.54 Å². The molecule has 1 heterocycles. The zero-order valence-corrected chi connectivity index (χ0v) is 11.2. The quantitative estimate of drug-likeness (QED) is 0.387. The SMILES string of the molecule is C=CCNC(=S)N/N=C\c1ccnc2ccccc12. The highest BCUT2D eigenvalue weighted by molar-refractivity contribution is 7.80. The number of aromatic nitrogens is 1. The molecule has 0 spiro atoms. The maximum absolute atomic E-state index is 5.03. The van der Waals surface area contributed by atoms with E-state index in [2.05, 4.69) is 27.4 Å². The molecule has 0 bridgehead atoms. The zero-order valence-electron chi connectivity index (χ0n) is 10.3. The molecule has 0 atom stereocenters. The standard InChI is InChI=1S/C14H14N4S/c1-2-8-16-14(19)18-17-10-11-7-9-15-13-6-4-3-5-12(11)13/h2-7,9-10H,1,8H2,(H2,16,18,19)/b17-10-. The number of para-hydroxylation sites is 1. The number of rotatable bonds is 4. The van der Waals surface area contributed by atoms with E-state index in [1.165, 1.54) is 0 Å². The first-order valence-corrected chi connectivity index (χ1v) is 6.23. The van der Waals surface area contributed by atoms with E-state index in [-0.39, 0.29) is 0 Å². The van der Waals surface area contributed by atoms with Crippen LogP contribution in [-0.2, 0) is 0 Å². The van der Waals surface area contributed by atoms with Crippen LogP contribution < -0.4 is 10.7 Å². The molecule has 1 aromatic carbocycles. The molecule has 0 saturated heterocycles. The van der Waals surface area contributed by atoms with Crippen molar-refractivity contribution in [2.45, 2.75) is 0 Å². The van der Waals surface area contributed by atoms with Gasteiger partial charge in [0.25, 0.3) is 0 Å². The van der Waals surface area contributed by atoms with Crippen LogP contribution in [0, 0.1) is 0 Å². The Hall–Kier alpha value is -2.27. The lowest BCUT2D eigenvalue weighted by Crippen LogP contribution is -2.31. The lowest BCUT2D eigenvalue weighted by Gasteiger charge is -2.04. The van der Waals surface area contributed by atoms with Gasteiger partial charge in [0.05, 0.1) is 11.7 Å². The third kappa shape index (κ3) is 3.59. The highest BCUT2D eigenvalue weighted by atomic mass is 32.1. The summed E-state index contributed by atoms with van der Waals surface area (Å²) in [5.74, 6) is 0. The maximum Gasteiger partial charge on any atom is 0.187 e. The van der Waals surface area contributed by atoms with E-state index in [1.807, 2.05) is 30.3 Å². The average molecular weight is 270 g/mol. The van der Waals surface area contributed by atoms with Crippen LogP contribution in [-0.4, -0.2) is 22.9 Å². The van der Waals surface area contributed by atoms with E-state index in [4.69, 9.17) is 12.2 Å². The van der Waals surface area contributed by atoms with Gasteiger partial charge in [0, 0.05) is 23.7 Å². The second-order valence-electron chi connectivity index (χ2n) is 3.79. The largest absolute Gasteiger partial charge is 0.358 e. The normalized spacial score (nSPS) is 10.5. The summed E-state index contributed by atoms with van der Waals surface area (Å²) in [5, 5.41) is 8.56. The summed E-state index contributed by atoms with van der Waals surface area (Å²) in [6.45, 7) is 4.21. The van der Waals surface area contributed by atoms with Gasteiger partial charge in [0.1, 0.15) is 0 Å². The number of thiocarbonyl (C=S) groups is 1. The second-order valence-corrected chi connectivity index (χ2v) is 4.19. The van der Waals surface area contributed by atoms with Crippen molar-refractivity contribution in [2.24, 2.45) is 5.10 Å². The number of hydrazone groups is 1. The summed E-state index contributed by atoms with van der Waals surface area (Å²) in [6, 6.07) is 9.83. The Bertz CT molecular complexity index is 616. The van der Waals surface area contributed by atoms with Gasteiger partial charge in [-0.3, -0.25) is 10.4 Å². The Morgan fingerprint density at radius 3 is 3.05 bits per heavy atom. The van der Waals surface area contributed by atoms with E-state index in [0.717, 1.165) is 16.5 Å². The van der Waals surface area contributed by atoms with Crippen molar-refractivity contribution in [3.8, 4) is 0 Å². The molecular weight excluding hydrogens is 256 g/mol. The number of pyridine rings is 1. The highest BCUT2D eigenvalue weighted by Crippen LogP contribution is 2.13. The molecule has 0 unspecified atom stereocenters. The monoisotopic (exact) mass is 270 g/mol. The Morgan fingerprint density at radius 1 is 1.37 bits per heavy atom. The minimum atomic E-state index is 0.467. The molecule has 2 aromatic rings. The van der Waals surface area contributed by atoms with Crippen LogP contribution in [0.3, 0.4) is 0 Å². The van der Waals surface area contributed by atoms with Crippen LogP contribution in [0.1, 0.15) is 5.56 Å². The number of fused-ring (bicyclic) bond motifs is 1. The third-order valence-corrected chi connectivity index (χ3v) is 2.70. The fourth-order valence-electron chi connectivity index (χ4n) is 1.60. The van der Waals surface area contributed by atoms with E-state index >= 15 is 0 Å². The van der Waals surface area contributed by atoms with E-state index in [0.29, 0.717) is 11.7 Å². The molecule has 2 N–H and O–H groups in total. The van der Waals surface area contributed by atoms with Gasteiger partial charge in [-0.1, -0.05) is 24.3 Å². The van der Waals surface area contributed by atoms with Crippen molar-refractivity contribution < 1.29 is 0 Å². The Labute approximate surface area is 117 Å². The smallest absolute Gasteiger partial charge is 0.187 e. The summed E-state index contributed by atoms with van der Waals surface area (Å²) in [6.07, 6.45) is 5.22. The highest BCUT2D eigenvalue weighted by Gasteiger charge is 1.98. The van der Waals surface area contributed by atoms with E-state index in [9.17, 15) is 0 Å². The van der Waals surface area contributed by atoms with Gasteiger partial charge in [-0.2, -0.15) is 5.10 Å². The van der Waals surface area contributed by atoms with Crippen LogP contribution >= 0.6 is 12.2 Å². The van der Waals surface area contributed by atoms with Crippen LogP contribution in [0.5, 0.6) is 0 Å². The molecule has 0 radical (unpaired) electrons. The van der Waals surface area contributed by atoms with Crippen LogP contribution in [0.15, 0.2) is 54.3 Å². The minimum Gasteiger partial charge on any atom is -0.358 e. The molecule has 0 aliphatic rings. The van der Waals surface area contributed by atoms with Gasteiger partial charge in [0.15, 0.2) is 5.11 Å². The molecular formula is C14H14N4S. The number of nitrogens with one attached hydrogen (secondary N) is 2. The molecule has 0 aliphatic carbocycles. The van der Waals surface area contributed by atoms with Crippen molar-refractivity contribution in [1.82, 2.24) is 15.7 Å². The molecule has 4 nitrogen and oxygen atoms in total. The molecule has 5 heteroatoms. The summed E-state index contributed by atoms with van der Waals surface area (Å²) >= 11 is 5.03. The fourth-order valence-corrected chi connectivity index (χ4v) is 1.73. The molecule has 1 aromatic heterocycles. The molecule has 19 heavy (non-hydrogen) atoms. The number of nitrogens with zero attached hydrogens (tertiary/aromatic N) is 2. The van der Waals surface area contributed by atoms with Gasteiger partial charge in [-0.05, 0) is 24.4 Å². The molecule has 0 saturated carbocycles. The summed E-state index contributed by atoms with van der Waals surface area (Å²) < 4.78 is 0. The Balaban J connectivity index is 2.09. The number of hydrogen-bond donors (Lipinski definition) is 2. The lowest BCUT2D eigenvalue weighted by atomic mass is 10.1. The van der Waals surface area contributed by atoms with E-state index < -0.39 is 0 Å². The van der Waals surface area contributed by atoms with Crippen molar-refractivity contribution >= 4 is 34.4 Å². The topological polar surface area (TPSA) is 49.3 Å². The lowest BCUT2D eigenvalue weighted by molar-refractivity contribution is 0.942. The van der Waals surface area contributed by atoms with Gasteiger partial charge >= 0.3 is 0 Å². The van der Waals surface area contributed by atoms with Crippen LogP contribution in [0.4, 0.5) is 0 Å². The summed E-state index contributed by atoms with van der Waals surface area (Å²) in [4.78, 5) is 4.29. The van der Waals surface area contributed by atoms with Crippen molar-refractivity contribution in [1.29, 1.82) is 0 Å². The first-order chi connectivity index (χ1) is 9.31. The predicted molar refractivity (Wildman–Crippen MR) is 83.3 cm³/mol. The van der Waals surface area contributed by atoms with E-state index in [1.54, 1.807) is 18.5 Å². The number of hydrogen-bond acceptors (Lipinski definition) is 3. The van der Waals surface area contributed by atoms with Crippen molar-refractivity contribution in [3.63, 3.8) is 0 Å². The zero-order chi connectivity index (χ0) is 13.5. The minimum absolute atomic E-state index is 0.467. The van der Waals surface area contributed by atoms with Gasteiger partial charge in [-0.25, -0.2) is 0 Å². The summed E-state index contributed by atoms with van der Waals surface area (Å²) in [5.41, 5.74) is 4.69. The van der Waals surface area contributed by atoms with Gasteiger partial charge < -0.3 is 5.32 Å². The first-order valence-electron chi connectivity index (χ1n) is 5.83. The molecule has 0 aliphatic heterocycles. The predicted octanol–water partition coefficient (Wildman–Crippen LogP) is 2.22. The third-order valence-electron chi connectivity index (χ3n) is 2.46. The Kier molecular flexibility index (Phi) is 4.58. The molecule has 96 valence electrons. The summed E-state index contributed by atoms with van der Waals surface area (Å²) in [7, 11) is 0. The van der Waals surface area contributed by atoms with Crippen LogP contribution in [0.2, 0.25) is 0 Å². The fraction of sp³-hybridized carbons (Fsp3) is 0.0714. The first kappa shape index (κ1) is 13.2. The Morgan fingerprint density at radius 2 is 2.21 bits per heavy atom. The van der Waals surface area contributed by atoms with Gasteiger partial charge in [0.2, 0.25) is 0 Å². The van der Waals surface area contributed by atoms with Gasteiger partial charge in [-0.15, -0.1) is 6.58 Å².